The lowest BCUT2D eigenvalue weighted by Gasteiger charge is -2.21. The minimum atomic E-state index is -3.71. The highest BCUT2D eigenvalue weighted by molar-refractivity contribution is 7.92. The number of aryl methyl sites for hydroxylation is 1. The molecule has 1 aliphatic rings. The van der Waals surface area contributed by atoms with Gasteiger partial charge in [-0.2, -0.15) is 0 Å². The lowest BCUT2D eigenvalue weighted by atomic mass is 10.1. The fraction of sp³-hybridized carbons (Fsp3) is 0.409. The molecule has 0 heterocycles. The van der Waals surface area contributed by atoms with Crippen LogP contribution in [0.4, 0.5) is 5.69 Å². The number of hydrogen-bond donors (Lipinski definition) is 1. The number of nitrogens with zero attached hydrogens (tertiary/aromatic N) is 1. The molecule has 3 rings (SSSR count). The average molecular weight is 435 g/mol. The van der Waals surface area contributed by atoms with Crippen LogP contribution in [0.5, 0.6) is 0 Å². The van der Waals surface area contributed by atoms with Gasteiger partial charge in [-0.3, -0.25) is 9.10 Å². The van der Waals surface area contributed by atoms with Crippen molar-refractivity contribution in [2.45, 2.75) is 56.4 Å². The van der Waals surface area contributed by atoms with Gasteiger partial charge >= 0.3 is 0 Å². The number of benzene rings is 2. The number of carbonyl (C=O) groups excluding carboxylic acids is 1. The first-order valence-electron chi connectivity index (χ1n) is 9.95. The fourth-order valence-electron chi connectivity index (χ4n) is 3.58. The van der Waals surface area contributed by atoms with E-state index in [-0.39, 0.29) is 21.9 Å². The second-order valence-corrected chi connectivity index (χ2v) is 9.99. The maximum Gasteiger partial charge on any atom is 0.264 e. The molecule has 29 heavy (non-hydrogen) atoms. The predicted molar refractivity (Wildman–Crippen MR) is 117 cm³/mol. The number of halogens is 1. The van der Waals surface area contributed by atoms with Crippen molar-refractivity contribution in [3.05, 3.63) is 58.6 Å². The molecule has 0 radical (unpaired) electrons. The zero-order chi connectivity index (χ0) is 21.0. The Morgan fingerprint density at radius 2 is 1.66 bits per heavy atom. The van der Waals surface area contributed by atoms with E-state index in [1.165, 1.54) is 30.3 Å². The first-order valence-corrected chi connectivity index (χ1v) is 11.8. The summed E-state index contributed by atoms with van der Waals surface area (Å²) in [6.07, 6.45) is 6.64. The van der Waals surface area contributed by atoms with E-state index in [1.807, 2.05) is 6.92 Å². The summed E-state index contributed by atoms with van der Waals surface area (Å²) in [5.41, 5.74) is 1.75. The van der Waals surface area contributed by atoms with E-state index < -0.39 is 10.0 Å². The van der Waals surface area contributed by atoms with Crippen LogP contribution in [0.2, 0.25) is 5.02 Å². The summed E-state index contributed by atoms with van der Waals surface area (Å²) in [4.78, 5) is 12.9. The third-order valence-electron chi connectivity index (χ3n) is 5.43. The molecule has 0 aliphatic heterocycles. The number of rotatable bonds is 5. The minimum Gasteiger partial charge on any atom is -0.349 e. The maximum absolute atomic E-state index is 12.9. The standard InChI is InChI=1S/C22H27ClN2O3S/c1-16-9-12-19(13-10-16)29(27,28)25(2)18-11-14-20(21(23)15-18)22(26)24-17-7-5-3-4-6-8-17/h9-15,17H,3-8H2,1-2H3,(H,24,26). The van der Waals surface area contributed by atoms with E-state index in [2.05, 4.69) is 5.32 Å². The first-order chi connectivity index (χ1) is 13.8. The Balaban J connectivity index is 1.77. The molecule has 0 saturated heterocycles. The van der Waals surface area contributed by atoms with Crippen LogP contribution in [0.1, 0.15) is 54.4 Å². The highest BCUT2D eigenvalue weighted by Crippen LogP contribution is 2.28. The van der Waals surface area contributed by atoms with E-state index in [1.54, 1.807) is 36.4 Å². The lowest BCUT2D eigenvalue weighted by Crippen LogP contribution is -2.34. The van der Waals surface area contributed by atoms with Crippen LogP contribution in [0.3, 0.4) is 0 Å². The van der Waals surface area contributed by atoms with Gasteiger partial charge in [-0.25, -0.2) is 8.42 Å². The van der Waals surface area contributed by atoms with E-state index in [4.69, 9.17) is 11.6 Å². The summed E-state index contributed by atoms with van der Waals surface area (Å²) in [6.45, 7) is 1.90. The van der Waals surface area contributed by atoms with Crippen LogP contribution < -0.4 is 9.62 Å². The number of hydrogen-bond acceptors (Lipinski definition) is 3. The van der Waals surface area contributed by atoms with Crippen molar-refractivity contribution in [1.29, 1.82) is 0 Å². The lowest BCUT2D eigenvalue weighted by molar-refractivity contribution is 0.0933. The Bertz CT molecular complexity index is 966. The second-order valence-electron chi connectivity index (χ2n) is 7.61. The molecule has 1 saturated carbocycles. The molecular weight excluding hydrogens is 408 g/mol. The highest BCUT2D eigenvalue weighted by atomic mass is 35.5. The molecule has 0 spiro atoms. The zero-order valence-corrected chi connectivity index (χ0v) is 18.4. The van der Waals surface area contributed by atoms with Crippen LogP contribution in [0, 0.1) is 6.92 Å². The van der Waals surface area contributed by atoms with Crippen molar-refractivity contribution in [3.63, 3.8) is 0 Å². The SMILES string of the molecule is Cc1ccc(S(=O)(=O)N(C)c2ccc(C(=O)NC3CCCCCC3)c(Cl)c2)cc1. The van der Waals surface area contributed by atoms with Crippen molar-refractivity contribution >= 4 is 33.2 Å². The van der Waals surface area contributed by atoms with Crippen molar-refractivity contribution in [3.8, 4) is 0 Å². The summed E-state index contributed by atoms with van der Waals surface area (Å²) in [5, 5.41) is 3.31. The second kappa shape index (κ2) is 9.18. The molecule has 5 nitrogen and oxygen atoms in total. The molecule has 2 aromatic rings. The third-order valence-corrected chi connectivity index (χ3v) is 7.54. The molecule has 2 aromatic carbocycles. The molecular formula is C22H27ClN2O3S. The van der Waals surface area contributed by atoms with Gasteiger partial charge < -0.3 is 5.32 Å². The Kier molecular flexibility index (Phi) is 6.85. The van der Waals surface area contributed by atoms with Crippen molar-refractivity contribution in [1.82, 2.24) is 5.32 Å². The molecule has 0 atom stereocenters. The van der Waals surface area contributed by atoms with E-state index in [9.17, 15) is 13.2 Å². The average Bonchev–Trinajstić information content (AvgIpc) is 2.96. The Labute approximate surface area is 178 Å². The molecule has 1 N–H and O–H groups in total. The van der Waals surface area contributed by atoms with Crippen molar-refractivity contribution in [2.24, 2.45) is 0 Å². The van der Waals surface area contributed by atoms with E-state index >= 15 is 0 Å². The van der Waals surface area contributed by atoms with Gasteiger partial charge in [-0.15, -0.1) is 0 Å². The van der Waals surface area contributed by atoms with Crippen LogP contribution >= 0.6 is 11.6 Å². The van der Waals surface area contributed by atoms with Gasteiger partial charge in [-0.05, 0) is 50.1 Å². The van der Waals surface area contributed by atoms with Gasteiger partial charge in [0.25, 0.3) is 15.9 Å². The predicted octanol–water partition coefficient (Wildman–Crippen LogP) is 4.93. The molecule has 156 valence electrons. The Morgan fingerprint density at radius 3 is 2.24 bits per heavy atom. The first kappa shape index (κ1) is 21.7. The van der Waals surface area contributed by atoms with Gasteiger partial charge in [-0.1, -0.05) is 55.0 Å². The third kappa shape index (κ3) is 5.11. The highest BCUT2D eigenvalue weighted by Gasteiger charge is 2.23. The fourth-order valence-corrected chi connectivity index (χ4v) is 5.03. The van der Waals surface area contributed by atoms with Crippen molar-refractivity contribution in [2.75, 3.05) is 11.4 Å². The largest absolute Gasteiger partial charge is 0.349 e. The van der Waals surface area contributed by atoms with Gasteiger partial charge in [0.2, 0.25) is 0 Å². The molecule has 0 bridgehead atoms. The van der Waals surface area contributed by atoms with Gasteiger partial charge in [0, 0.05) is 13.1 Å². The smallest absolute Gasteiger partial charge is 0.264 e. The number of anilines is 1. The molecule has 1 amide bonds. The summed E-state index contributed by atoms with van der Waals surface area (Å²) in [5.74, 6) is -0.211. The van der Waals surface area contributed by atoms with E-state index in [0.717, 1.165) is 31.2 Å². The summed E-state index contributed by atoms with van der Waals surface area (Å²) in [7, 11) is -2.23. The number of nitrogens with one attached hydrogen (secondary N) is 1. The minimum absolute atomic E-state index is 0.172. The Hall–Kier alpha value is -2.05. The summed E-state index contributed by atoms with van der Waals surface area (Å²) >= 11 is 6.35. The van der Waals surface area contributed by atoms with Gasteiger partial charge in [0.1, 0.15) is 0 Å². The molecule has 1 fully saturated rings. The molecule has 0 unspecified atom stereocenters. The van der Waals surface area contributed by atoms with Crippen LogP contribution in [-0.2, 0) is 10.0 Å². The summed E-state index contributed by atoms with van der Waals surface area (Å²) in [6, 6.07) is 11.6. The van der Waals surface area contributed by atoms with E-state index in [0.29, 0.717) is 11.3 Å². The normalized spacial score (nSPS) is 15.6. The van der Waals surface area contributed by atoms with Gasteiger partial charge in [0.15, 0.2) is 0 Å². The number of amides is 1. The van der Waals surface area contributed by atoms with Crippen LogP contribution in [0.15, 0.2) is 47.4 Å². The quantitative estimate of drug-likeness (QED) is 0.678. The van der Waals surface area contributed by atoms with Crippen LogP contribution in [-0.4, -0.2) is 27.4 Å². The zero-order valence-electron chi connectivity index (χ0n) is 16.8. The monoisotopic (exact) mass is 434 g/mol. The van der Waals surface area contributed by atoms with Crippen molar-refractivity contribution < 1.29 is 13.2 Å². The summed E-state index contributed by atoms with van der Waals surface area (Å²) < 4.78 is 26.9. The maximum atomic E-state index is 12.9. The molecule has 0 aromatic heterocycles. The Morgan fingerprint density at radius 1 is 1.03 bits per heavy atom. The molecule has 1 aliphatic carbocycles. The topological polar surface area (TPSA) is 66.5 Å². The number of sulfonamides is 1. The number of carbonyl (C=O) groups is 1. The van der Waals surface area contributed by atoms with Crippen LogP contribution in [0.25, 0.3) is 0 Å². The molecule has 7 heteroatoms. The van der Waals surface area contributed by atoms with Gasteiger partial charge in [0.05, 0.1) is 21.2 Å².